The van der Waals surface area contributed by atoms with E-state index in [1.54, 1.807) is 0 Å². The van der Waals surface area contributed by atoms with E-state index in [2.05, 4.69) is 38.3 Å². The molecular weight excluding hydrogens is 799 g/mol. The minimum atomic E-state index is -4.79. The summed E-state index contributed by atoms with van der Waals surface area (Å²) in [5.41, 5.74) is 6.35. The van der Waals surface area contributed by atoms with Crippen LogP contribution in [0.5, 0.6) is 0 Å². The second kappa shape index (κ2) is 24.0. The van der Waals surface area contributed by atoms with Crippen molar-refractivity contribution in [2.24, 2.45) is 10.2 Å². The van der Waals surface area contributed by atoms with Crippen LogP contribution in [-0.2, 0) is 52.3 Å². The maximum absolute atomic E-state index is 13.2. The zero-order valence-electron chi connectivity index (χ0n) is 25.7. The smallest absolute Gasteiger partial charge is 0.744 e. The number of hydrogen-bond donors (Lipinski definition) is 1. The average molecular weight is 814 g/mol. The number of nitrogens with zero attached hydrogens (tertiary/aromatic N) is 2. The van der Waals surface area contributed by atoms with Gasteiger partial charge in [0.25, 0.3) is 0 Å². The van der Waals surface area contributed by atoms with Crippen molar-refractivity contribution in [3.05, 3.63) is 54.6 Å². The molecule has 0 bridgehead atoms. The Balaban J connectivity index is 0.00000576. The first kappa shape index (κ1) is 50.3. The molecule has 4 aromatic rings. The topological polar surface area (TPSA) is 276 Å². The van der Waals surface area contributed by atoms with Crippen molar-refractivity contribution in [2.75, 3.05) is 18.1 Å². The van der Waals surface area contributed by atoms with Gasteiger partial charge in [0, 0.05) is 15.7 Å². The number of anilines is 1. The second-order valence-corrected chi connectivity index (χ2v) is 13.8. The molecule has 0 saturated heterocycles. The fourth-order valence-electron chi connectivity index (χ4n) is 3.88. The summed E-state index contributed by atoms with van der Waals surface area (Å²) in [4.78, 5) is -0.485. The molecule has 0 aliphatic heterocycles. The first-order valence-corrected chi connectivity index (χ1v) is 16.7. The van der Waals surface area contributed by atoms with E-state index in [9.17, 15) is 37.2 Å². The number of sulfone groups is 1. The molecule has 4 rings (SSSR count). The van der Waals surface area contributed by atoms with Crippen molar-refractivity contribution in [3.63, 3.8) is 0 Å². The van der Waals surface area contributed by atoms with Crippen LogP contribution in [0.15, 0.2) is 84.4 Å². The van der Waals surface area contributed by atoms with Crippen molar-refractivity contribution >= 4 is 95.0 Å². The third-order valence-electron chi connectivity index (χ3n) is 5.70. The zero-order valence-corrected chi connectivity index (χ0v) is 37.8. The molecule has 0 fully saturated rings. The molecule has 0 saturated carbocycles. The van der Waals surface area contributed by atoms with Crippen LogP contribution in [0.2, 0.25) is 0 Å². The Kier molecular flexibility index (Phi) is 24.6. The molecule has 27 heteroatoms. The molecule has 0 aromatic heterocycles. The summed E-state index contributed by atoms with van der Waals surface area (Å²) in [7, 11) is -8.88. The molecule has 0 amide bonds. The van der Waals surface area contributed by atoms with Crippen LogP contribution in [0.25, 0.3) is 21.5 Å². The van der Waals surface area contributed by atoms with Crippen LogP contribution in [-0.4, -0.2) is 33.7 Å². The quantitative estimate of drug-likeness (QED) is 0.0161. The van der Waals surface area contributed by atoms with Gasteiger partial charge in [-0.05, 0) is 53.2 Å². The van der Waals surface area contributed by atoms with Gasteiger partial charge in [0.1, 0.15) is 15.8 Å². The number of benzene rings is 4. The Bertz CT molecular complexity index is 1950. The third-order valence-corrected chi connectivity index (χ3v) is 9.78. The third kappa shape index (κ3) is 14.2. The molecule has 0 aliphatic carbocycles. The fourth-order valence-corrected chi connectivity index (χ4v) is 7.07. The van der Waals surface area contributed by atoms with Crippen molar-refractivity contribution in [1.29, 1.82) is 0 Å². The van der Waals surface area contributed by atoms with Gasteiger partial charge in [-0.3, -0.25) is 19.3 Å². The van der Waals surface area contributed by atoms with Gasteiger partial charge < -0.3 is 26.1 Å². The number of fused-ring (bicyclic) bond motifs is 2. The van der Waals surface area contributed by atoms with Crippen molar-refractivity contribution in [1.82, 2.24) is 0 Å². The summed E-state index contributed by atoms with van der Waals surface area (Å²) >= 11 is 0.984. The van der Waals surface area contributed by atoms with E-state index in [1.165, 1.54) is 42.5 Å². The van der Waals surface area contributed by atoms with Crippen LogP contribution in [0.4, 0.5) is 17.1 Å². The van der Waals surface area contributed by atoms with Gasteiger partial charge >= 0.3 is 118 Å². The maximum atomic E-state index is 13.2. The number of nitrogen functional groups attached to an aromatic ring is 1. The van der Waals surface area contributed by atoms with Gasteiger partial charge in [-0.15, -0.1) is 9.45 Å². The second-order valence-electron chi connectivity index (χ2n) is 8.28. The minimum Gasteiger partial charge on any atom is -0.744 e. The summed E-state index contributed by atoms with van der Waals surface area (Å²) in [6.45, 7) is -0.409. The Morgan fingerprint density at radius 3 is 2.06 bits per heavy atom. The van der Waals surface area contributed by atoms with E-state index in [-0.39, 0.29) is 178 Å². The van der Waals surface area contributed by atoms with Crippen LogP contribution in [0, 0.1) is 0 Å². The molecular formula is C22H15N3Na4O15S5. The van der Waals surface area contributed by atoms with Crippen LogP contribution in [0.1, 0.15) is 0 Å². The Labute approximate surface area is 379 Å². The summed E-state index contributed by atoms with van der Waals surface area (Å²) in [6.07, 6.45) is 0. The minimum absolute atomic E-state index is 0. The monoisotopic (exact) mass is 813 g/mol. The average Bonchev–Trinajstić information content (AvgIpc) is 3.01. The summed E-state index contributed by atoms with van der Waals surface area (Å²) < 4.78 is 78.4. The standard InChI is InChI=1S/C22H19N3O15S5.4Na/c23-21-17-4-3-16(45(31,32)33)8-13(17)9-19(42-39-36-27)22(21)25-24-14-2-1-12-7-15(41-38-35-26)11-20(18(12)10-14)44(29,30)6-5-34-43-40-37-28;;;;/h1-4,7-11,26-28H,5-6,23H2,(H,31,32,33);;;;/q;4*+1/p-4. The van der Waals surface area contributed by atoms with Crippen LogP contribution < -0.4 is 140 Å². The van der Waals surface area contributed by atoms with E-state index >= 15 is 0 Å². The molecule has 0 heterocycles. The van der Waals surface area contributed by atoms with Gasteiger partial charge in [0.15, 0.2) is 22.2 Å². The van der Waals surface area contributed by atoms with Crippen molar-refractivity contribution in [3.8, 4) is 0 Å². The summed E-state index contributed by atoms with van der Waals surface area (Å²) in [6, 6.07) is 11.9. The predicted molar refractivity (Wildman–Crippen MR) is 148 cm³/mol. The molecule has 0 spiro atoms. The maximum Gasteiger partial charge on any atom is 1.00 e. The SMILES string of the molecule is Nc1c(N=Nc2ccc3cc(SOO[O-])cc(S(=O)(=O)CCOSOO[O-])c3c2)c(SOO[O-])cc2cc(S(=O)(=O)[O-])ccc12.[Na+].[Na+].[Na+].[Na+]. The van der Waals surface area contributed by atoms with E-state index in [1.807, 2.05) is 0 Å². The molecule has 242 valence electrons. The molecule has 0 unspecified atom stereocenters. The van der Waals surface area contributed by atoms with Gasteiger partial charge in [-0.1, -0.05) is 12.1 Å². The number of nitrogens with two attached hydrogens (primary N) is 1. The van der Waals surface area contributed by atoms with E-state index in [0.717, 1.165) is 12.1 Å². The number of hydrogen-bond acceptors (Lipinski definition) is 21. The molecule has 49 heavy (non-hydrogen) atoms. The number of azo groups is 1. The largest absolute Gasteiger partial charge is 1.00 e. The Morgan fingerprint density at radius 1 is 0.735 bits per heavy atom. The van der Waals surface area contributed by atoms with Crippen LogP contribution in [0.3, 0.4) is 0 Å². The molecule has 2 N–H and O–H groups in total. The Morgan fingerprint density at radius 2 is 1.41 bits per heavy atom. The van der Waals surface area contributed by atoms with Crippen LogP contribution >= 0.6 is 36.4 Å². The van der Waals surface area contributed by atoms with Crippen molar-refractivity contribution < 1.29 is 188 Å². The Hall–Kier alpha value is 1.31. The molecule has 0 atom stereocenters. The number of rotatable bonds is 16. The summed E-state index contributed by atoms with van der Waals surface area (Å²) in [5, 5.41) is 49.9. The van der Waals surface area contributed by atoms with Crippen molar-refractivity contribution in [2.45, 2.75) is 19.6 Å². The zero-order chi connectivity index (χ0) is 32.6. The van der Waals surface area contributed by atoms with Gasteiger partial charge in [0.05, 0.1) is 62.5 Å². The van der Waals surface area contributed by atoms with Gasteiger partial charge in [0.2, 0.25) is 0 Å². The molecule has 4 aromatic carbocycles. The fraction of sp³-hybridized carbons (Fsp3) is 0.0909. The van der Waals surface area contributed by atoms with E-state index in [0.29, 0.717) is 29.5 Å². The normalized spacial score (nSPS) is 11.5. The van der Waals surface area contributed by atoms with Gasteiger partial charge in [-0.2, -0.15) is 13.8 Å². The molecule has 18 nitrogen and oxygen atoms in total. The van der Waals surface area contributed by atoms with E-state index < -0.39 is 37.2 Å². The van der Waals surface area contributed by atoms with Gasteiger partial charge in [-0.25, -0.2) is 16.8 Å². The molecule has 0 aliphatic rings. The predicted octanol–water partition coefficient (Wildman–Crippen LogP) is -10.1. The first-order chi connectivity index (χ1) is 21.5. The van der Waals surface area contributed by atoms with E-state index in [4.69, 9.17) is 9.92 Å². The molecule has 0 radical (unpaired) electrons. The summed E-state index contributed by atoms with van der Waals surface area (Å²) in [5.74, 6) is -0.568. The first-order valence-electron chi connectivity index (χ1n) is 11.5.